The minimum atomic E-state index is -0.170. The van der Waals surface area contributed by atoms with Crippen LogP contribution in [0.25, 0.3) is 0 Å². The van der Waals surface area contributed by atoms with Gasteiger partial charge in [-0.05, 0) is 0 Å². The molecule has 0 aliphatic heterocycles. The Bertz CT molecular complexity index is 150. The zero-order chi connectivity index (χ0) is 8.69. The molecule has 0 aromatic rings. The molecule has 4 nitrogen and oxygen atoms in total. The predicted molar refractivity (Wildman–Crippen MR) is 39.3 cm³/mol. The minimum absolute atomic E-state index is 0.170. The average Bonchev–Trinajstić information content (AvgIpc) is 2.04. The molecular weight excluding hydrogens is 259 g/mol. The van der Waals surface area contributed by atoms with Gasteiger partial charge in [-0.15, -0.1) is 0 Å². The van der Waals surface area contributed by atoms with Gasteiger partial charge in [0.25, 0.3) is 0 Å². The fourth-order valence-corrected chi connectivity index (χ4v) is 2.38. The first-order chi connectivity index (χ1) is 5.20. The van der Waals surface area contributed by atoms with Crippen LogP contribution in [-0.4, -0.2) is 24.3 Å². The van der Waals surface area contributed by atoms with Crippen LogP contribution in [-0.2, 0) is 0 Å². The molecule has 0 spiro atoms. The van der Waals surface area contributed by atoms with E-state index in [1.807, 2.05) is 0 Å². The molecule has 0 aromatic heterocycles. The normalized spacial score (nSPS) is 14.0. The van der Waals surface area contributed by atoms with Gasteiger partial charge in [0.15, 0.2) is 0 Å². The van der Waals surface area contributed by atoms with Crippen molar-refractivity contribution in [3.05, 3.63) is 0 Å². The average molecular weight is 271 g/mol. The standard InChI is InChI=1S/C6H12IN2O2/c1-5(8-10)3-4-7-6(2)9-11/h10-11H,3-4H2,1-2H3/q-1/b8-5+,9-6-. The molecule has 0 aromatic carbocycles. The molecule has 0 bridgehead atoms. The Morgan fingerprint density at radius 3 is 2.36 bits per heavy atom. The van der Waals surface area contributed by atoms with Crippen molar-refractivity contribution in [1.82, 2.24) is 0 Å². The molecule has 2 N–H and O–H groups in total. The van der Waals surface area contributed by atoms with Crippen molar-refractivity contribution < 1.29 is 31.6 Å². The van der Waals surface area contributed by atoms with Crippen LogP contribution < -0.4 is 21.2 Å². The Hall–Kier alpha value is -0.330. The predicted octanol–water partition coefficient (Wildman–Crippen LogP) is -1.88. The van der Waals surface area contributed by atoms with E-state index >= 15 is 0 Å². The fraction of sp³-hybridized carbons (Fsp3) is 0.667. The summed E-state index contributed by atoms with van der Waals surface area (Å²) in [5.41, 5.74) is 0.732. The molecule has 0 unspecified atom stereocenters. The zero-order valence-electron chi connectivity index (χ0n) is 6.58. The molecule has 0 atom stereocenters. The second-order valence-electron chi connectivity index (χ2n) is 2.00. The third kappa shape index (κ3) is 6.08. The van der Waals surface area contributed by atoms with Gasteiger partial charge in [0.1, 0.15) is 0 Å². The summed E-state index contributed by atoms with van der Waals surface area (Å²) in [6.07, 6.45) is 0.788. The van der Waals surface area contributed by atoms with E-state index in [9.17, 15) is 0 Å². The molecule has 0 fully saturated rings. The SMILES string of the molecule is C/C(=N/O)[I-]CC/C(C)=N/O. The molecule has 0 saturated heterocycles. The molecule has 0 heterocycles. The summed E-state index contributed by atoms with van der Waals surface area (Å²) in [6.45, 7) is 3.58. The summed E-state index contributed by atoms with van der Waals surface area (Å²) in [7, 11) is 0. The third-order valence-corrected chi connectivity index (χ3v) is 3.45. The zero-order valence-corrected chi connectivity index (χ0v) is 8.74. The van der Waals surface area contributed by atoms with Crippen LogP contribution in [0, 0.1) is 0 Å². The van der Waals surface area contributed by atoms with Gasteiger partial charge in [-0.3, -0.25) is 0 Å². The van der Waals surface area contributed by atoms with Crippen molar-refractivity contribution in [1.29, 1.82) is 0 Å². The number of alkyl halides is 1. The van der Waals surface area contributed by atoms with Gasteiger partial charge >= 0.3 is 76.1 Å². The van der Waals surface area contributed by atoms with Crippen molar-refractivity contribution in [3.8, 4) is 0 Å². The Labute approximate surface area is 76.2 Å². The number of rotatable bonds is 4. The van der Waals surface area contributed by atoms with E-state index in [1.54, 1.807) is 13.8 Å². The van der Waals surface area contributed by atoms with Gasteiger partial charge < -0.3 is 0 Å². The van der Waals surface area contributed by atoms with Gasteiger partial charge in [0, 0.05) is 0 Å². The van der Waals surface area contributed by atoms with Crippen LogP contribution in [0.1, 0.15) is 20.3 Å². The van der Waals surface area contributed by atoms with Crippen LogP contribution in [0.4, 0.5) is 0 Å². The summed E-state index contributed by atoms with van der Waals surface area (Å²) in [5.74, 6) is 0. The molecule has 5 heteroatoms. The van der Waals surface area contributed by atoms with Crippen LogP contribution >= 0.6 is 0 Å². The first kappa shape index (κ1) is 10.7. The van der Waals surface area contributed by atoms with E-state index in [2.05, 4.69) is 10.3 Å². The Kier molecular flexibility index (Phi) is 6.19. The first-order valence-corrected chi connectivity index (χ1v) is 5.76. The maximum atomic E-state index is 8.29. The molecule has 0 aliphatic rings. The Morgan fingerprint density at radius 2 is 1.91 bits per heavy atom. The van der Waals surface area contributed by atoms with Crippen molar-refractivity contribution in [2.45, 2.75) is 20.3 Å². The third-order valence-electron chi connectivity index (χ3n) is 1.05. The van der Waals surface area contributed by atoms with Crippen molar-refractivity contribution in [2.75, 3.05) is 4.43 Å². The van der Waals surface area contributed by atoms with E-state index in [1.165, 1.54) is 0 Å². The molecule has 0 radical (unpaired) electrons. The molecule has 11 heavy (non-hydrogen) atoms. The first-order valence-electron chi connectivity index (χ1n) is 3.16. The number of oxime groups is 2. The maximum absolute atomic E-state index is 8.29. The fourth-order valence-electron chi connectivity index (χ4n) is 0.397. The Morgan fingerprint density at radius 1 is 1.27 bits per heavy atom. The van der Waals surface area contributed by atoms with E-state index in [0.29, 0.717) is 0 Å². The van der Waals surface area contributed by atoms with Gasteiger partial charge in [-0.25, -0.2) is 0 Å². The van der Waals surface area contributed by atoms with E-state index in [-0.39, 0.29) is 21.2 Å². The number of hydrogen-bond donors (Lipinski definition) is 2. The topological polar surface area (TPSA) is 65.2 Å². The summed E-state index contributed by atoms with van der Waals surface area (Å²) in [5, 5.41) is 22.7. The van der Waals surface area contributed by atoms with E-state index < -0.39 is 0 Å². The molecule has 0 saturated carbocycles. The van der Waals surface area contributed by atoms with Gasteiger partial charge in [-0.1, -0.05) is 0 Å². The summed E-state index contributed by atoms with van der Waals surface area (Å²) < 4.78 is 1.78. The van der Waals surface area contributed by atoms with Gasteiger partial charge in [-0.2, -0.15) is 0 Å². The summed E-state index contributed by atoms with van der Waals surface area (Å²) in [6, 6.07) is 0. The van der Waals surface area contributed by atoms with Crippen LogP contribution in [0.5, 0.6) is 0 Å². The van der Waals surface area contributed by atoms with Crippen LogP contribution in [0.2, 0.25) is 0 Å². The summed E-state index contributed by atoms with van der Waals surface area (Å²) >= 11 is -0.170. The number of nitrogens with zero attached hydrogens (tertiary/aromatic N) is 2. The molecule has 66 valence electrons. The van der Waals surface area contributed by atoms with Crippen molar-refractivity contribution >= 4 is 9.43 Å². The second-order valence-corrected chi connectivity index (χ2v) is 5.41. The summed E-state index contributed by atoms with van der Waals surface area (Å²) in [4.78, 5) is 0. The van der Waals surface area contributed by atoms with Crippen LogP contribution in [0.3, 0.4) is 0 Å². The monoisotopic (exact) mass is 271 g/mol. The Balaban J connectivity index is 3.43. The van der Waals surface area contributed by atoms with Gasteiger partial charge in [0.05, 0.1) is 0 Å². The molecule has 0 rings (SSSR count). The molecular formula is C6H12IN2O2-. The number of halogens is 1. The van der Waals surface area contributed by atoms with Gasteiger partial charge in [0.2, 0.25) is 0 Å². The second kappa shape index (κ2) is 6.38. The van der Waals surface area contributed by atoms with E-state index in [4.69, 9.17) is 10.4 Å². The van der Waals surface area contributed by atoms with E-state index in [0.717, 1.165) is 20.3 Å². The number of hydrogen-bond acceptors (Lipinski definition) is 4. The van der Waals surface area contributed by atoms with Crippen molar-refractivity contribution in [3.63, 3.8) is 0 Å². The van der Waals surface area contributed by atoms with Crippen LogP contribution in [0.15, 0.2) is 10.3 Å². The molecule has 0 aliphatic carbocycles. The van der Waals surface area contributed by atoms with Crippen molar-refractivity contribution in [2.24, 2.45) is 10.3 Å². The quantitative estimate of drug-likeness (QED) is 0.207. The molecule has 0 amide bonds.